The summed E-state index contributed by atoms with van der Waals surface area (Å²) in [7, 11) is 1.69. The van der Waals surface area contributed by atoms with Crippen molar-refractivity contribution in [3.05, 3.63) is 58.1 Å². The highest BCUT2D eigenvalue weighted by Crippen LogP contribution is 2.37. The minimum Gasteiger partial charge on any atom is -0.493 e. The van der Waals surface area contributed by atoms with Gasteiger partial charge in [-0.2, -0.15) is 0 Å². The van der Waals surface area contributed by atoms with E-state index >= 15 is 0 Å². The van der Waals surface area contributed by atoms with Crippen LogP contribution in [0.15, 0.2) is 46.9 Å². The molecule has 1 aliphatic rings. The van der Waals surface area contributed by atoms with Gasteiger partial charge < -0.3 is 14.8 Å². The summed E-state index contributed by atoms with van der Waals surface area (Å²) in [6.45, 7) is 1.38. The lowest BCUT2D eigenvalue weighted by Gasteiger charge is -2.16. The fourth-order valence-electron chi connectivity index (χ4n) is 3.14. The number of halogens is 1. The number of benzene rings is 2. The number of hydrogen-bond acceptors (Lipinski definition) is 3. The van der Waals surface area contributed by atoms with Gasteiger partial charge in [0.15, 0.2) is 11.5 Å². The summed E-state index contributed by atoms with van der Waals surface area (Å²) in [6.07, 6.45) is 5.26. The molecule has 2 aromatic rings. The highest BCUT2D eigenvalue weighted by Gasteiger charge is 2.16. The van der Waals surface area contributed by atoms with Gasteiger partial charge in [0, 0.05) is 12.6 Å². The summed E-state index contributed by atoms with van der Waals surface area (Å²) >= 11 is 3.63. The lowest BCUT2D eigenvalue weighted by molar-refractivity contribution is 0.282. The monoisotopic (exact) mass is 389 g/mol. The van der Waals surface area contributed by atoms with E-state index in [-0.39, 0.29) is 0 Å². The van der Waals surface area contributed by atoms with Crippen LogP contribution in [0.3, 0.4) is 0 Å². The third kappa shape index (κ3) is 4.52. The van der Waals surface area contributed by atoms with E-state index in [2.05, 4.69) is 45.5 Å². The molecule has 0 amide bonds. The maximum atomic E-state index is 5.99. The zero-order valence-corrected chi connectivity index (χ0v) is 15.6. The van der Waals surface area contributed by atoms with Gasteiger partial charge in [-0.1, -0.05) is 43.2 Å². The average molecular weight is 390 g/mol. The molecular formula is C20H24BrNO2. The second-order valence-corrected chi connectivity index (χ2v) is 7.10. The molecule has 0 bridgehead atoms. The van der Waals surface area contributed by atoms with Gasteiger partial charge in [0.1, 0.15) is 6.61 Å². The molecule has 0 spiro atoms. The van der Waals surface area contributed by atoms with Crippen molar-refractivity contribution < 1.29 is 9.47 Å². The maximum absolute atomic E-state index is 5.99. The number of rotatable bonds is 7. The lowest BCUT2D eigenvalue weighted by atomic mass is 10.1. The normalized spacial score (nSPS) is 14.8. The van der Waals surface area contributed by atoms with Gasteiger partial charge in [-0.3, -0.25) is 0 Å². The minimum absolute atomic E-state index is 0.523. The molecule has 0 radical (unpaired) electrons. The van der Waals surface area contributed by atoms with Crippen molar-refractivity contribution in [1.29, 1.82) is 0 Å². The first-order valence-electron chi connectivity index (χ1n) is 8.53. The van der Waals surface area contributed by atoms with Crippen molar-refractivity contribution in [2.75, 3.05) is 7.11 Å². The molecular weight excluding hydrogens is 366 g/mol. The van der Waals surface area contributed by atoms with Gasteiger partial charge in [0.2, 0.25) is 0 Å². The summed E-state index contributed by atoms with van der Waals surface area (Å²) in [4.78, 5) is 0. The van der Waals surface area contributed by atoms with E-state index in [0.717, 1.165) is 28.1 Å². The van der Waals surface area contributed by atoms with Gasteiger partial charge in [0.05, 0.1) is 11.6 Å². The van der Waals surface area contributed by atoms with Gasteiger partial charge in [-0.15, -0.1) is 0 Å². The molecule has 24 heavy (non-hydrogen) atoms. The molecule has 0 saturated heterocycles. The van der Waals surface area contributed by atoms with Crippen LogP contribution >= 0.6 is 15.9 Å². The molecule has 1 N–H and O–H groups in total. The van der Waals surface area contributed by atoms with Crippen LogP contribution in [0.4, 0.5) is 0 Å². The van der Waals surface area contributed by atoms with Crippen molar-refractivity contribution in [3.63, 3.8) is 0 Å². The molecule has 1 saturated carbocycles. The molecule has 1 fully saturated rings. The van der Waals surface area contributed by atoms with Crippen LogP contribution in [-0.2, 0) is 13.2 Å². The molecule has 3 rings (SSSR count). The average Bonchev–Trinajstić information content (AvgIpc) is 3.13. The smallest absolute Gasteiger partial charge is 0.175 e. The van der Waals surface area contributed by atoms with Gasteiger partial charge in [0.25, 0.3) is 0 Å². The Hall–Kier alpha value is -1.52. The van der Waals surface area contributed by atoms with Crippen LogP contribution in [-0.4, -0.2) is 13.2 Å². The Bertz CT molecular complexity index is 654. The minimum atomic E-state index is 0.523. The standard InChI is InChI=1S/C20H24BrNO2/c1-23-19-12-16(13-22-17-9-5-6-10-17)11-18(21)20(19)24-14-15-7-3-2-4-8-15/h2-4,7-8,11-12,17,22H,5-6,9-10,13-14H2,1H3. The summed E-state index contributed by atoms with van der Waals surface area (Å²) in [5.74, 6) is 1.52. The van der Waals surface area contributed by atoms with E-state index in [1.165, 1.54) is 31.2 Å². The van der Waals surface area contributed by atoms with E-state index in [9.17, 15) is 0 Å². The zero-order chi connectivity index (χ0) is 16.8. The first kappa shape index (κ1) is 17.3. The van der Waals surface area contributed by atoms with Crippen molar-refractivity contribution >= 4 is 15.9 Å². The van der Waals surface area contributed by atoms with Crippen LogP contribution in [0.5, 0.6) is 11.5 Å². The Morgan fingerprint density at radius 1 is 1.08 bits per heavy atom. The number of methoxy groups -OCH3 is 1. The highest BCUT2D eigenvalue weighted by atomic mass is 79.9. The molecule has 0 aromatic heterocycles. The summed E-state index contributed by atoms with van der Waals surface area (Å²) in [5, 5.41) is 3.64. The summed E-state index contributed by atoms with van der Waals surface area (Å²) < 4.78 is 12.5. The third-order valence-electron chi connectivity index (χ3n) is 4.47. The molecule has 0 aliphatic heterocycles. The van der Waals surface area contributed by atoms with Crippen molar-refractivity contribution in [2.24, 2.45) is 0 Å². The first-order chi connectivity index (χ1) is 11.8. The molecule has 1 aliphatic carbocycles. The fourth-order valence-corrected chi connectivity index (χ4v) is 3.74. The molecule has 2 aromatic carbocycles. The van der Waals surface area contributed by atoms with Crippen LogP contribution in [0.2, 0.25) is 0 Å². The van der Waals surface area contributed by atoms with E-state index in [0.29, 0.717) is 12.6 Å². The van der Waals surface area contributed by atoms with E-state index in [4.69, 9.17) is 9.47 Å². The molecule has 4 heteroatoms. The molecule has 128 valence electrons. The quantitative estimate of drug-likeness (QED) is 0.716. The van der Waals surface area contributed by atoms with Crippen LogP contribution in [0, 0.1) is 0 Å². The summed E-state index contributed by atoms with van der Waals surface area (Å²) in [5.41, 5.74) is 2.34. The molecule has 3 nitrogen and oxygen atoms in total. The fraction of sp³-hybridized carbons (Fsp3) is 0.400. The Morgan fingerprint density at radius 2 is 1.83 bits per heavy atom. The van der Waals surface area contributed by atoms with Gasteiger partial charge in [-0.05, 0) is 52.0 Å². The zero-order valence-electron chi connectivity index (χ0n) is 14.1. The van der Waals surface area contributed by atoms with Crippen LogP contribution in [0.1, 0.15) is 36.8 Å². The Balaban J connectivity index is 1.67. The van der Waals surface area contributed by atoms with Crippen molar-refractivity contribution in [2.45, 2.75) is 44.9 Å². The van der Waals surface area contributed by atoms with Crippen molar-refractivity contribution in [3.8, 4) is 11.5 Å². The number of hydrogen-bond donors (Lipinski definition) is 1. The molecule has 0 atom stereocenters. The topological polar surface area (TPSA) is 30.5 Å². The van der Waals surface area contributed by atoms with Gasteiger partial charge in [-0.25, -0.2) is 0 Å². The van der Waals surface area contributed by atoms with E-state index < -0.39 is 0 Å². The summed E-state index contributed by atoms with van der Waals surface area (Å²) in [6, 6.07) is 15.0. The second kappa shape index (κ2) is 8.54. The lowest BCUT2D eigenvalue weighted by Crippen LogP contribution is -2.25. The SMILES string of the molecule is COc1cc(CNC2CCCC2)cc(Br)c1OCc1ccccc1. The predicted molar refractivity (Wildman–Crippen MR) is 101 cm³/mol. The third-order valence-corrected chi connectivity index (χ3v) is 5.05. The Labute approximate surface area is 152 Å². The highest BCUT2D eigenvalue weighted by molar-refractivity contribution is 9.10. The first-order valence-corrected chi connectivity index (χ1v) is 9.32. The van der Waals surface area contributed by atoms with E-state index in [1.54, 1.807) is 7.11 Å². The Morgan fingerprint density at radius 3 is 2.54 bits per heavy atom. The second-order valence-electron chi connectivity index (χ2n) is 6.25. The molecule has 0 heterocycles. The molecule has 0 unspecified atom stereocenters. The van der Waals surface area contributed by atoms with E-state index in [1.807, 2.05) is 18.2 Å². The Kier molecular flexibility index (Phi) is 6.16. The number of nitrogens with one attached hydrogen (secondary N) is 1. The van der Waals surface area contributed by atoms with Gasteiger partial charge >= 0.3 is 0 Å². The van der Waals surface area contributed by atoms with Crippen LogP contribution in [0.25, 0.3) is 0 Å². The maximum Gasteiger partial charge on any atom is 0.175 e. The number of ether oxygens (including phenoxy) is 2. The van der Waals surface area contributed by atoms with Crippen molar-refractivity contribution in [1.82, 2.24) is 5.32 Å². The largest absolute Gasteiger partial charge is 0.493 e. The van der Waals surface area contributed by atoms with Crippen LogP contribution < -0.4 is 14.8 Å². The predicted octanol–water partition coefficient (Wildman–Crippen LogP) is 5.07.